The Morgan fingerprint density at radius 1 is 1.14 bits per heavy atom. The first kappa shape index (κ1) is 24.2. The maximum Gasteiger partial charge on any atom is 0.225 e. The topological polar surface area (TPSA) is 75.9 Å². The van der Waals surface area contributed by atoms with Crippen molar-refractivity contribution in [2.45, 2.75) is 26.3 Å². The third-order valence-corrected chi connectivity index (χ3v) is 6.81. The SMILES string of the molecule is Cc1ccc(-n2cc3c(N4CCCC(C(=O)NCc5c(F)cc(Br)cc5F)C4)ncnc3n2)cc1F. The number of hydrogen-bond acceptors (Lipinski definition) is 5. The second-order valence-corrected chi connectivity index (χ2v) is 9.71. The zero-order chi connectivity index (χ0) is 25.4. The van der Waals surface area contributed by atoms with E-state index in [-0.39, 0.29) is 29.8 Å². The van der Waals surface area contributed by atoms with Crippen LogP contribution in [0.2, 0.25) is 0 Å². The number of piperidine rings is 1. The molecule has 4 aromatic rings. The molecule has 0 radical (unpaired) electrons. The summed E-state index contributed by atoms with van der Waals surface area (Å²) >= 11 is 3.05. The van der Waals surface area contributed by atoms with Gasteiger partial charge in [-0.05, 0) is 49.6 Å². The van der Waals surface area contributed by atoms with Gasteiger partial charge in [-0.25, -0.2) is 27.8 Å². The summed E-state index contributed by atoms with van der Waals surface area (Å²) in [6.07, 6.45) is 4.54. The molecule has 1 amide bonds. The van der Waals surface area contributed by atoms with E-state index in [0.717, 1.165) is 6.42 Å². The summed E-state index contributed by atoms with van der Waals surface area (Å²) in [5, 5.41) is 7.82. The van der Waals surface area contributed by atoms with E-state index in [1.165, 1.54) is 24.5 Å². The maximum absolute atomic E-state index is 14.1. The van der Waals surface area contributed by atoms with Crippen LogP contribution in [0.15, 0.2) is 47.3 Å². The molecule has 3 heterocycles. The van der Waals surface area contributed by atoms with Crippen LogP contribution < -0.4 is 10.2 Å². The lowest BCUT2D eigenvalue weighted by molar-refractivity contribution is -0.125. The smallest absolute Gasteiger partial charge is 0.225 e. The van der Waals surface area contributed by atoms with Crippen LogP contribution in [-0.2, 0) is 11.3 Å². The Balaban J connectivity index is 1.34. The highest BCUT2D eigenvalue weighted by Gasteiger charge is 2.28. The van der Waals surface area contributed by atoms with Crippen LogP contribution in [0.1, 0.15) is 24.0 Å². The number of hydrogen-bond donors (Lipinski definition) is 1. The van der Waals surface area contributed by atoms with E-state index in [9.17, 15) is 18.0 Å². The number of aryl methyl sites for hydroxylation is 1. The van der Waals surface area contributed by atoms with Crippen molar-refractivity contribution >= 4 is 38.7 Å². The highest BCUT2D eigenvalue weighted by atomic mass is 79.9. The number of carbonyl (C=O) groups is 1. The molecule has 1 aliphatic rings. The second-order valence-electron chi connectivity index (χ2n) is 8.79. The number of aromatic nitrogens is 4. The van der Waals surface area contributed by atoms with Crippen LogP contribution in [0.5, 0.6) is 0 Å². The Bertz CT molecular complexity index is 1440. The average molecular weight is 559 g/mol. The van der Waals surface area contributed by atoms with Gasteiger partial charge in [-0.2, -0.15) is 0 Å². The standard InChI is InChI=1S/C25H22BrF3N6O/c1-14-4-5-17(9-20(14)27)35-12-19-23(33-35)31-13-32-24(19)34-6-2-3-15(11-34)25(36)30-10-18-21(28)7-16(26)8-22(18)29/h4-5,7-9,12-13,15H,2-3,6,10-11H2,1H3,(H,30,36). The fourth-order valence-electron chi connectivity index (χ4n) is 4.38. The molecule has 1 saturated heterocycles. The summed E-state index contributed by atoms with van der Waals surface area (Å²) in [5.41, 5.74) is 1.37. The number of anilines is 1. The third kappa shape index (κ3) is 4.79. The van der Waals surface area contributed by atoms with Crippen molar-refractivity contribution in [1.82, 2.24) is 25.1 Å². The monoisotopic (exact) mass is 558 g/mol. The molecule has 5 rings (SSSR count). The van der Waals surface area contributed by atoms with Crippen molar-refractivity contribution in [2.75, 3.05) is 18.0 Å². The second kappa shape index (κ2) is 9.88. The van der Waals surface area contributed by atoms with E-state index < -0.39 is 11.6 Å². The minimum atomic E-state index is -0.721. The van der Waals surface area contributed by atoms with Crippen molar-refractivity contribution in [2.24, 2.45) is 5.92 Å². The number of halogens is 4. The summed E-state index contributed by atoms with van der Waals surface area (Å²) in [5.74, 6) is -1.81. The lowest BCUT2D eigenvalue weighted by Gasteiger charge is -2.33. The maximum atomic E-state index is 14.1. The summed E-state index contributed by atoms with van der Waals surface area (Å²) < 4.78 is 44.2. The van der Waals surface area contributed by atoms with Gasteiger partial charge in [0.05, 0.1) is 17.0 Å². The van der Waals surface area contributed by atoms with Gasteiger partial charge in [-0.15, -0.1) is 5.10 Å². The molecule has 186 valence electrons. The minimum absolute atomic E-state index is 0.184. The highest BCUT2D eigenvalue weighted by Crippen LogP contribution is 2.28. The van der Waals surface area contributed by atoms with Gasteiger partial charge in [0.1, 0.15) is 29.6 Å². The minimum Gasteiger partial charge on any atom is -0.355 e. The third-order valence-electron chi connectivity index (χ3n) is 6.35. The molecule has 1 unspecified atom stereocenters. The molecule has 0 spiro atoms. The molecule has 7 nitrogen and oxygen atoms in total. The summed E-state index contributed by atoms with van der Waals surface area (Å²) in [4.78, 5) is 23.5. The van der Waals surface area contributed by atoms with Gasteiger partial charge in [-0.1, -0.05) is 22.0 Å². The van der Waals surface area contributed by atoms with Crippen LogP contribution in [0.25, 0.3) is 16.7 Å². The zero-order valence-corrected chi connectivity index (χ0v) is 20.9. The van der Waals surface area contributed by atoms with Crippen molar-refractivity contribution in [3.63, 3.8) is 0 Å². The quantitative estimate of drug-likeness (QED) is 0.379. The van der Waals surface area contributed by atoms with Gasteiger partial charge in [0.25, 0.3) is 0 Å². The number of carbonyl (C=O) groups excluding carboxylic acids is 1. The number of rotatable bonds is 5. The zero-order valence-electron chi connectivity index (χ0n) is 19.3. The van der Waals surface area contributed by atoms with Crippen molar-refractivity contribution in [3.8, 4) is 5.69 Å². The lowest BCUT2D eigenvalue weighted by Crippen LogP contribution is -2.43. The van der Waals surface area contributed by atoms with E-state index in [4.69, 9.17) is 0 Å². The van der Waals surface area contributed by atoms with Crippen LogP contribution in [-0.4, -0.2) is 38.7 Å². The summed E-state index contributed by atoms with van der Waals surface area (Å²) in [7, 11) is 0. The van der Waals surface area contributed by atoms with E-state index in [1.807, 2.05) is 4.90 Å². The van der Waals surface area contributed by atoms with Gasteiger partial charge in [-0.3, -0.25) is 4.79 Å². The van der Waals surface area contributed by atoms with Gasteiger partial charge in [0.2, 0.25) is 5.91 Å². The summed E-state index contributed by atoms with van der Waals surface area (Å²) in [6, 6.07) is 7.20. The molecule has 1 fully saturated rings. The van der Waals surface area contributed by atoms with E-state index >= 15 is 0 Å². The first-order valence-electron chi connectivity index (χ1n) is 11.4. The van der Waals surface area contributed by atoms with Crippen LogP contribution in [0, 0.1) is 30.3 Å². The van der Waals surface area contributed by atoms with Gasteiger partial charge in [0.15, 0.2) is 5.65 Å². The van der Waals surface area contributed by atoms with Crippen molar-refractivity contribution in [1.29, 1.82) is 0 Å². The Morgan fingerprint density at radius 2 is 1.92 bits per heavy atom. The fraction of sp³-hybridized carbons (Fsp3) is 0.280. The highest BCUT2D eigenvalue weighted by molar-refractivity contribution is 9.10. The largest absolute Gasteiger partial charge is 0.355 e. The molecule has 36 heavy (non-hydrogen) atoms. The molecule has 0 bridgehead atoms. The number of amides is 1. The average Bonchev–Trinajstić information content (AvgIpc) is 3.29. The normalized spacial score (nSPS) is 15.9. The predicted molar refractivity (Wildman–Crippen MR) is 132 cm³/mol. The number of benzene rings is 2. The van der Waals surface area contributed by atoms with E-state index in [0.29, 0.717) is 52.1 Å². The van der Waals surface area contributed by atoms with Gasteiger partial charge < -0.3 is 10.2 Å². The molecule has 0 saturated carbocycles. The molecular formula is C25H22BrF3N6O. The number of fused-ring (bicyclic) bond motifs is 1. The predicted octanol–water partition coefficient (Wildman–Crippen LogP) is 4.84. The Morgan fingerprint density at radius 3 is 2.67 bits per heavy atom. The van der Waals surface area contributed by atoms with Crippen molar-refractivity contribution in [3.05, 3.63) is 75.9 Å². The molecule has 1 atom stereocenters. The first-order chi connectivity index (χ1) is 17.3. The summed E-state index contributed by atoms with van der Waals surface area (Å²) in [6.45, 7) is 2.51. The molecule has 1 N–H and O–H groups in total. The van der Waals surface area contributed by atoms with Gasteiger partial charge >= 0.3 is 0 Å². The Labute approximate surface area is 213 Å². The molecular weight excluding hydrogens is 537 g/mol. The Kier molecular flexibility index (Phi) is 6.65. The van der Waals surface area contributed by atoms with Crippen LogP contribution in [0.4, 0.5) is 19.0 Å². The van der Waals surface area contributed by atoms with E-state index in [1.54, 1.807) is 29.9 Å². The fourth-order valence-corrected chi connectivity index (χ4v) is 4.78. The molecule has 11 heteroatoms. The first-order valence-corrected chi connectivity index (χ1v) is 12.2. The number of nitrogens with one attached hydrogen (secondary N) is 1. The van der Waals surface area contributed by atoms with Crippen LogP contribution in [0.3, 0.4) is 0 Å². The van der Waals surface area contributed by atoms with Gasteiger partial charge in [0, 0.05) is 35.9 Å². The van der Waals surface area contributed by atoms with E-state index in [2.05, 4.69) is 36.3 Å². The molecule has 1 aliphatic heterocycles. The van der Waals surface area contributed by atoms with Crippen molar-refractivity contribution < 1.29 is 18.0 Å². The molecule has 2 aromatic carbocycles. The lowest BCUT2D eigenvalue weighted by atomic mass is 9.97. The molecule has 0 aliphatic carbocycles. The molecule has 2 aromatic heterocycles. The van der Waals surface area contributed by atoms with Crippen LogP contribution >= 0.6 is 15.9 Å². The Hall–Kier alpha value is -3.47. The number of nitrogens with zero attached hydrogens (tertiary/aromatic N) is 5.